The number of rotatable bonds is 1. The molecule has 2 rings (SSSR count). The van der Waals surface area contributed by atoms with Crippen LogP contribution in [0.3, 0.4) is 0 Å². The van der Waals surface area contributed by atoms with Crippen LogP contribution >= 0.6 is 0 Å². The third kappa shape index (κ3) is 2.76. The number of hydrogen-bond donors (Lipinski definition) is 0. The molecule has 1 aliphatic rings. The van der Waals surface area contributed by atoms with Crippen LogP contribution < -0.4 is 0 Å². The average molecular weight is 287 g/mol. The maximum Gasteiger partial charge on any atom is 0.430 e. The van der Waals surface area contributed by atoms with Crippen LogP contribution in [-0.2, 0) is 4.74 Å². The first-order valence-corrected chi connectivity index (χ1v) is 5.36. The van der Waals surface area contributed by atoms with Crippen molar-refractivity contribution in [2.24, 2.45) is 9.98 Å². The van der Waals surface area contributed by atoms with E-state index in [1.165, 1.54) is 7.11 Å². The van der Waals surface area contributed by atoms with Crippen molar-refractivity contribution >= 4 is 28.7 Å². The molecule has 0 spiro atoms. The lowest BCUT2D eigenvalue weighted by Crippen LogP contribution is -2.25. The van der Waals surface area contributed by atoms with Crippen molar-refractivity contribution in [3.8, 4) is 0 Å². The molecule has 0 aromatic heterocycles. The largest absolute Gasteiger partial charge is 0.484 e. The molecule has 0 bridgehead atoms. The molecule has 20 heavy (non-hydrogen) atoms. The minimum Gasteiger partial charge on any atom is -0.484 e. The monoisotopic (exact) mass is 287 g/mol. The molecule has 0 fully saturated rings. The van der Waals surface area contributed by atoms with Gasteiger partial charge in [0.25, 0.3) is 5.69 Å². The molecule has 0 aliphatic carbocycles. The van der Waals surface area contributed by atoms with Crippen LogP contribution in [0.2, 0.25) is 0 Å². The molecule has 1 aromatic rings. The predicted octanol–water partition coefficient (Wildman–Crippen LogP) is 3.31. The number of hydrogen-bond acceptors (Lipinski definition) is 5. The molecule has 0 saturated carbocycles. The van der Waals surface area contributed by atoms with E-state index in [4.69, 9.17) is 4.74 Å². The maximum absolute atomic E-state index is 12.8. The minimum atomic E-state index is -4.62. The number of aliphatic imine (C=N–C) groups is 2. The molecule has 1 aliphatic heterocycles. The van der Waals surface area contributed by atoms with Crippen molar-refractivity contribution in [1.29, 1.82) is 0 Å². The highest BCUT2D eigenvalue weighted by molar-refractivity contribution is 6.07. The Kier molecular flexibility index (Phi) is 3.43. The number of halogens is 3. The second-order valence-electron chi connectivity index (χ2n) is 3.87. The van der Waals surface area contributed by atoms with Crippen molar-refractivity contribution < 1.29 is 22.8 Å². The summed E-state index contributed by atoms with van der Waals surface area (Å²) >= 11 is 0. The molecular formula is C11H8F3N3O3. The van der Waals surface area contributed by atoms with E-state index in [0.717, 1.165) is 18.2 Å². The van der Waals surface area contributed by atoms with Gasteiger partial charge in [-0.1, -0.05) is 0 Å². The number of nitro groups is 1. The Hall–Kier alpha value is -2.45. The van der Waals surface area contributed by atoms with Crippen LogP contribution in [0.5, 0.6) is 0 Å². The van der Waals surface area contributed by atoms with Gasteiger partial charge in [-0.25, -0.2) is 9.98 Å². The van der Waals surface area contributed by atoms with Gasteiger partial charge in [0.2, 0.25) is 0 Å². The molecule has 0 amide bonds. The Balaban J connectivity index is 2.59. The summed E-state index contributed by atoms with van der Waals surface area (Å²) in [6.45, 7) is 0. The van der Waals surface area contributed by atoms with E-state index in [-0.39, 0.29) is 23.0 Å². The molecule has 0 radical (unpaired) electrons. The molecule has 1 heterocycles. The van der Waals surface area contributed by atoms with E-state index < -0.39 is 23.2 Å². The zero-order chi connectivity index (χ0) is 14.9. The third-order valence-electron chi connectivity index (χ3n) is 2.55. The van der Waals surface area contributed by atoms with Gasteiger partial charge in [-0.15, -0.1) is 0 Å². The Bertz CT molecular complexity index is 623. The van der Waals surface area contributed by atoms with Gasteiger partial charge in [-0.05, 0) is 6.07 Å². The number of methoxy groups -OCH3 is 1. The number of ether oxygens (including phenoxy) is 1. The zero-order valence-electron chi connectivity index (χ0n) is 10.1. The van der Waals surface area contributed by atoms with Gasteiger partial charge in [0, 0.05) is 12.1 Å². The number of fused-ring (bicyclic) bond motifs is 1. The van der Waals surface area contributed by atoms with Crippen molar-refractivity contribution in [3.63, 3.8) is 0 Å². The van der Waals surface area contributed by atoms with Crippen molar-refractivity contribution in [3.05, 3.63) is 28.3 Å². The SMILES string of the molecule is COC1=Nc2cc([N+](=O)[O-])ccc2N=C(C(F)(F)F)C1. The Morgan fingerprint density at radius 1 is 1.30 bits per heavy atom. The first kappa shape index (κ1) is 14.0. The fourth-order valence-corrected chi connectivity index (χ4v) is 1.59. The summed E-state index contributed by atoms with van der Waals surface area (Å²) in [6, 6.07) is 3.25. The van der Waals surface area contributed by atoms with Crippen LogP contribution in [0, 0.1) is 10.1 Å². The summed E-state index contributed by atoms with van der Waals surface area (Å²) in [5, 5.41) is 10.7. The number of alkyl halides is 3. The zero-order valence-corrected chi connectivity index (χ0v) is 10.1. The number of benzene rings is 1. The summed E-state index contributed by atoms with van der Waals surface area (Å²) in [7, 11) is 1.18. The maximum atomic E-state index is 12.8. The van der Waals surface area contributed by atoms with Crippen molar-refractivity contribution in [2.75, 3.05) is 7.11 Å². The fraction of sp³-hybridized carbons (Fsp3) is 0.273. The van der Waals surface area contributed by atoms with Crippen LogP contribution in [0.4, 0.5) is 30.2 Å². The van der Waals surface area contributed by atoms with Gasteiger partial charge < -0.3 is 4.74 Å². The first-order chi connectivity index (χ1) is 9.31. The molecule has 0 unspecified atom stereocenters. The van der Waals surface area contributed by atoms with Gasteiger partial charge in [-0.2, -0.15) is 13.2 Å². The molecule has 6 nitrogen and oxygen atoms in total. The molecular weight excluding hydrogens is 279 g/mol. The molecule has 106 valence electrons. The lowest BCUT2D eigenvalue weighted by atomic mass is 10.2. The molecule has 1 aromatic carbocycles. The molecule has 0 saturated heterocycles. The van der Waals surface area contributed by atoms with E-state index in [9.17, 15) is 23.3 Å². The lowest BCUT2D eigenvalue weighted by Gasteiger charge is -2.09. The van der Waals surface area contributed by atoms with Gasteiger partial charge >= 0.3 is 6.18 Å². The van der Waals surface area contributed by atoms with Crippen molar-refractivity contribution in [1.82, 2.24) is 0 Å². The Labute approximate surface area is 110 Å². The summed E-state index contributed by atoms with van der Waals surface area (Å²) in [5.41, 5.74) is -1.47. The second-order valence-corrected chi connectivity index (χ2v) is 3.87. The van der Waals surface area contributed by atoms with Crippen LogP contribution in [0.15, 0.2) is 28.2 Å². The summed E-state index contributed by atoms with van der Waals surface area (Å²) in [6.07, 6.45) is -5.24. The van der Waals surface area contributed by atoms with Crippen molar-refractivity contribution in [2.45, 2.75) is 12.6 Å². The highest BCUT2D eigenvalue weighted by Crippen LogP contribution is 2.36. The fourth-order valence-electron chi connectivity index (χ4n) is 1.59. The quantitative estimate of drug-likeness (QED) is 0.587. The highest BCUT2D eigenvalue weighted by atomic mass is 19.4. The third-order valence-corrected chi connectivity index (χ3v) is 2.55. The smallest absolute Gasteiger partial charge is 0.430 e. The van der Waals surface area contributed by atoms with E-state index in [1.807, 2.05) is 0 Å². The van der Waals surface area contributed by atoms with E-state index >= 15 is 0 Å². The lowest BCUT2D eigenvalue weighted by molar-refractivity contribution is -0.384. The number of nitro benzene ring substituents is 1. The van der Waals surface area contributed by atoms with Gasteiger partial charge in [-0.3, -0.25) is 10.1 Å². The number of non-ortho nitro benzene ring substituents is 1. The number of nitrogens with zero attached hydrogens (tertiary/aromatic N) is 3. The van der Waals surface area contributed by atoms with Crippen LogP contribution in [-0.4, -0.2) is 29.8 Å². The standard InChI is InChI=1S/C11H8F3N3O3/c1-20-10-5-9(11(12,13)14)15-7-3-2-6(17(18)19)4-8(7)16-10/h2-4H,5H2,1H3. The van der Waals surface area contributed by atoms with Crippen LogP contribution in [0.25, 0.3) is 0 Å². The molecule has 0 N–H and O–H groups in total. The average Bonchev–Trinajstić information content (AvgIpc) is 2.55. The second kappa shape index (κ2) is 4.91. The predicted molar refractivity (Wildman–Crippen MR) is 65.0 cm³/mol. The molecule has 0 atom stereocenters. The van der Waals surface area contributed by atoms with Gasteiger partial charge in [0.15, 0.2) is 5.90 Å². The first-order valence-electron chi connectivity index (χ1n) is 5.36. The summed E-state index contributed by atoms with van der Waals surface area (Å²) < 4.78 is 43.1. The van der Waals surface area contributed by atoms with Gasteiger partial charge in [0.1, 0.15) is 5.71 Å². The van der Waals surface area contributed by atoms with E-state index in [2.05, 4.69) is 9.98 Å². The summed E-state index contributed by atoms with van der Waals surface area (Å²) in [5.74, 6) is -0.208. The highest BCUT2D eigenvalue weighted by Gasteiger charge is 2.37. The normalized spacial score (nSPS) is 14.8. The summed E-state index contributed by atoms with van der Waals surface area (Å²) in [4.78, 5) is 17.3. The van der Waals surface area contributed by atoms with E-state index in [1.54, 1.807) is 0 Å². The topological polar surface area (TPSA) is 77.1 Å². The van der Waals surface area contributed by atoms with Gasteiger partial charge in [0.05, 0.1) is 29.8 Å². The Morgan fingerprint density at radius 2 is 2.00 bits per heavy atom. The minimum absolute atomic E-state index is 0.0321. The Morgan fingerprint density at radius 3 is 2.55 bits per heavy atom. The molecule has 9 heteroatoms. The van der Waals surface area contributed by atoms with Crippen LogP contribution in [0.1, 0.15) is 6.42 Å². The van der Waals surface area contributed by atoms with E-state index in [0.29, 0.717) is 0 Å².